The Morgan fingerprint density at radius 3 is 2.61 bits per heavy atom. The number of methoxy groups -OCH3 is 1. The van der Waals surface area contributed by atoms with Gasteiger partial charge in [0.2, 0.25) is 11.8 Å². The van der Waals surface area contributed by atoms with Crippen LogP contribution in [0.15, 0.2) is 53.4 Å². The Morgan fingerprint density at radius 1 is 1.19 bits per heavy atom. The molecule has 0 aromatic heterocycles. The second kappa shape index (κ2) is 13.3. The molecular weight excluding hydrogens is 432 g/mol. The lowest BCUT2D eigenvalue weighted by Gasteiger charge is -2.29. The number of ether oxygens (including phenoxy) is 1. The highest BCUT2D eigenvalue weighted by molar-refractivity contribution is 7.99. The summed E-state index contributed by atoms with van der Waals surface area (Å²) in [6.45, 7) is 4.83. The van der Waals surface area contributed by atoms with Crippen molar-refractivity contribution in [3.63, 3.8) is 0 Å². The molecule has 2 rings (SSSR count). The Labute approximate surface area is 194 Å². The van der Waals surface area contributed by atoms with Crippen LogP contribution in [0.25, 0.3) is 0 Å². The van der Waals surface area contributed by atoms with Gasteiger partial charge in [0, 0.05) is 35.2 Å². The minimum atomic E-state index is -0.559. The fraction of sp³-hybridized carbons (Fsp3) is 0.417. The fourth-order valence-corrected chi connectivity index (χ4v) is 3.98. The maximum absolute atomic E-state index is 13.1. The molecule has 0 aliphatic rings. The molecule has 5 nitrogen and oxygen atoms in total. The largest absolute Gasteiger partial charge is 0.497 e. The summed E-state index contributed by atoms with van der Waals surface area (Å²) in [5, 5.41) is 3.63. The average Bonchev–Trinajstić information content (AvgIpc) is 2.78. The molecule has 0 unspecified atom stereocenters. The summed E-state index contributed by atoms with van der Waals surface area (Å²) in [7, 11) is 1.61. The van der Waals surface area contributed by atoms with E-state index >= 15 is 0 Å². The third-order valence-corrected chi connectivity index (χ3v) is 6.15. The van der Waals surface area contributed by atoms with Crippen LogP contribution in [0, 0.1) is 0 Å². The lowest BCUT2D eigenvalue weighted by atomic mass is 10.1. The maximum atomic E-state index is 13.1. The number of rotatable bonds is 12. The monoisotopic (exact) mass is 462 g/mol. The molecule has 0 fully saturated rings. The summed E-state index contributed by atoms with van der Waals surface area (Å²) in [5.74, 6) is 1.17. The maximum Gasteiger partial charge on any atom is 0.242 e. The van der Waals surface area contributed by atoms with E-state index in [2.05, 4.69) is 12.2 Å². The topological polar surface area (TPSA) is 58.6 Å². The third kappa shape index (κ3) is 8.46. The molecule has 2 aromatic carbocycles. The Bertz CT molecular complexity index is 845. The summed E-state index contributed by atoms with van der Waals surface area (Å²) in [6.07, 6.45) is 2.26. The van der Waals surface area contributed by atoms with Crippen molar-refractivity contribution in [3.05, 3.63) is 59.1 Å². The first-order valence-electron chi connectivity index (χ1n) is 10.5. The number of amides is 2. The molecule has 7 heteroatoms. The van der Waals surface area contributed by atoms with Crippen LogP contribution < -0.4 is 10.1 Å². The normalized spacial score (nSPS) is 11.6. The highest BCUT2D eigenvalue weighted by Gasteiger charge is 2.25. The van der Waals surface area contributed by atoms with E-state index in [0.29, 0.717) is 30.3 Å². The quantitative estimate of drug-likeness (QED) is 0.349. The summed E-state index contributed by atoms with van der Waals surface area (Å²) in [4.78, 5) is 28.5. The number of benzene rings is 2. The Kier molecular flexibility index (Phi) is 10.7. The molecule has 0 heterocycles. The third-order valence-electron chi connectivity index (χ3n) is 4.88. The first-order chi connectivity index (χ1) is 14.9. The molecule has 0 saturated carbocycles. The van der Waals surface area contributed by atoms with E-state index < -0.39 is 6.04 Å². The first-order valence-corrected chi connectivity index (χ1v) is 11.9. The molecule has 0 bridgehead atoms. The van der Waals surface area contributed by atoms with Crippen LogP contribution in [-0.2, 0) is 16.1 Å². The van der Waals surface area contributed by atoms with Gasteiger partial charge in [-0.25, -0.2) is 0 Å². The van der Waals surface area contributed by atoms with Crippen molar-refractivity contribution in [3.8, 4) is 5.75 Å². The van der Waals surface area contributed by atoms with Gasteiger partial charge in [-0.1, -0.05) is 37.1 Å². The van der Waals surface area contributed by atoms with Gasteiger partial charge < -0.3 is 15.0 Å². The number of carbonyl (C=O) groups excluding carboxylic acids is 2. The smallest absolute Gasteiger partial charge is 0.242 e. The van der Waals surface area contributed by atoms with Crippen molar-refractivity contribution in [2.45, 2.75) is 50.6 Å². The van der Waals surface area contributed by atoms with Gasteiger partial charge in [-0.15, -0.1) is 11.8 Å². The predicted molar refractivity (Wildman–Crippen MR) is 128 cm³/mol. The fourth-order valence-electron chi connectivity index (χ4n) is 3.02. The van der Waals surface area contributed by atoms with Crippen molar-refractivity contribution in [2.24, 2.45) is 0 Å². The number of halogens is 1. The van der Waals surface area contributed by atoms with E-state index in [1.807, 2.05) is 48.5 Å². The number of carbonyl (C=O) groups is 2. The van der Waals surface area contributed by atoms with Crippen molar-refractivity contribution in [1.29, 1.82) is 0 Å². The highest BCUT2D eigenvalue weighted by atomic mass is 35.5. The Morgan fingerprint density at radius 2 is 1.94 bits per heavy atom. The molecule has 1 N–H and O–H groups in total. The van der Waals surface area contributed by atoms with Crippen LogP contribution in [0.3, 0.4) is 0 Å². The van der Waals surface area contributed by atoms with E-state index in [-0.39, 0.29) is 11.8 Å². The number of thioether (sulfide) groups is 1. The molecular formula is C24H31ClN2O3S. The van der Waals surface area contributed by atoms with Gasteiger partial charge in [0.05, 0.1) is 7.11 Å². The van der Waals surface area contributed by atoms with Gasteiger partial charge in [0.15, 0.2) is 0 Å². The lowest BCUT2D eigenvalue weighted by Crippen LogP contribution is -2.47. The molecule has 168 valence electrons. The Balaban J connectivity index is 2.06. The van der Waals surface area contributed by atoms with E-state index in [1.165, 1.54) is 0 Å². The number of nitrogens with one attached hydrogen (secondary N) is 1. The van der Waals surface area contributed by atoms with E-state index in [0.717, 1.165) is 29.1 Å². The van der Waals surface area contributed by atoms with Crippen LogP contribution in [0.2, 0.25) is 5.02 Å². The molecule has 0 spiro atoms. The number of nitrogens with zero attached hydrogens (tertiary/aromatic N) is 1. The molecule has 2 aromatic rings. The molecule has 2 amide bonds. The van der Waals surface area contributed by atoms with Gasteiger partial charge in [-0.2, -0.15) is 0 Å². The second-order valence-corrected chi connectivity index (χ2v) is 8.85. The van der Waals surface area contributed by atoms with E-state index in [4.69, 9.17) is 16.3 Å². The van der Waals surface area contributed by atoms with E-state index in [1.54, 1.807) is 30.7 Å². The highest BCUT2D eigenvalue weighted by Crippen LogP contribution is 2.22. The van der Waals surface area contributed by atoms with Crippen molar-refractivity contribution < 1.29 is 14.3 Å². The van der Waals surface area contributed by atoms with Gasteiger partial charge in [-0.05, 0) is 55.3 Å². The molecule has 0 aliphatic carbocycles. The van der Waals surface area contributed by atoms with Crippen LogP contribution in [0.1, 0.15) is 38.7 Å². The molecule has 0 aliphatic heterocycles. The zero-order chi connectivity index (χ0) is 22.6. The second-order valence-electron chi connectivity index (χ2n) is 7.25. The number of unbranched alkanes of at least 4 members (excludes halogenated alkanes) is 1. The SMILES string of the molecule is CCCCNC(=O)[C@H](C)N(Cc1cccc(OC)c1)C(=O)CCSc1ccc(Cl)cc1. The van der Waals surface area contributed by atoms with Crippen LogP contribution in [0.5, 0.6) is 5.75 Å². The van der Waals surface area contributed by atoms with Crippen molar-refractivity contribution >= 4 is 35.2 Å². The van der Waals surface area contributed by atoms with Crippen LogP contribution in [0.4, 0.5) is 0 Å². The van der Waals surface area contributed by atoms with Crippen LogP contribution >= 0.6 is 23.4 Å². The predicted octanol–water partition coefficient (Wildman–Crippen LogP) is 5.16. The van der Waals surface area contributed by atoms with Gasteiger partial charge in [0.1, 0.15) is 11.8 Å². The Hall–Kier alpha value is -2.18. The number of hydrogen-bond donors (Lipinski definition) is 1. The van der Waals surface area contributed by atoms with Gasteiger partial charge >= 0.3 is 0 Å². The standard InChI is InChI=1S/C24H31ClN2O3S/c1-4-5-14-26-24(29)18(2)27(17-19-7-6-8-21(16-19)30-3)23(28)13-15-31-22-11-9-20(25)10-12-22/h6-12,16,18H,4-5,13-15,17H2,1-3H3,(H,26,29)/t18-/m0/s1. The molecule has 0 radical (unpaired) electrons. The lowest BCUT2D eigenvalue weighted by molar-refractivity contribution is -0.140. The van der Waals surface area contributed by atoms with Crippen molar-refractivity contribution in [2.75, 3.05) is 19.4 Å². The minimum Gasteiger partial charge on any atom is -0.497 e. The number of hydrogen-bond acceptors (Lipinski definition) is 4. The zero-order valence-corrected chi connectivity index (χ0v) is 20.0. The first kappa shape index (κ1) is 25.1. The minimum absolute atomic E-state index is 0.0533. The van der Waals surface area contributed by atoms with Gasteiger partial charge in [-0.3, -0.25) is 9.59 Å². The summed E-state index contributed by atoms with van der Waals surface area (Å²) in [6, 6.07) is 14.6. The molecule has 31 heavy (non-hydrogen) atoms. The van der Waals surface area contributed by atoms with E-state index in [9.17, 15) is 9.59 Å². The van der Waals surface area contributed by atoms with Crippen molar-refractivity contribution in [1.82, 2.24) is 10.2 Å². The molecule has 1 atom stereocenters. The van der Waals surface area contributed by atoms with Gasteiger partial charge in [0.25, 0.3) is 0 Å². The summed E-state index contributed by atoms with van der Waals surface area (Å²) in [5.41, 5.74) is 0.922. The van der Waals surface area contributed by atoms with Crippen LogP contribution in [-0.4, -0.2) is 42.2 Å². The zero-order valence-electron chi connectivity index (χ0n) is 18.4. The average molecular weight is 463 g/mol. The molecule has 0 saturated heterocycles. The summed E-state index contributed by atoms with van der Waals surface area (Å²) < 4.78 is 5.30. The summed E-state index contributed by atoms with van der Waals surface area (Å²) >= 11 is 7.53.